The van der Waals surface area contributed by atoms with Crippen molar-refractivity contribution in [1.82, 2.24) is 20.1 Å². The van der Waals surface area contributed by atoms with Gasteiger partial charge in [0.15, 0.2) is 0 Å². The molecule has 1 aromatic carbocycles. The van der Waals surface area contributed by atoms with Crippen LogP contribution < -0.4 is 10.1 Å². The number of aromatic nitrogens is 3. The van der Waals surface area contributed by atoms with Crippen LogP contribution in [0.4, 0.5) is 0 Å². The van der Waals surface area contributed by atoms with Crippen LogP contribution in [0, 0.1) is 6.92 Å². The SMILES string of the molecule is COc1nc(C(=O)NC2CCCC2)cc(Cc2ccc(-c3ccn(C)n3)cc2)c1C. The smallest absolute Gasteiger partial charge is 0.270 e. The predicted molar refractivity (Wildman–Crippen MR) is 117 cm³/mol. The molecule has 4 rings (SSSR count). The van der Waals surface area contributed by atoms with E-state index < -0.39 is 0 Å². The van der Waals surface area contributed by atoms with Crippen molar-refractivity contribution in [3.8, 4) is 17.1 Å². The molecule has 1 saturated carbocycles. The zero-order valence-electron chi connectivity index (χ0n) is 17.8. The minimum absolute atomic E-state index is 0.119. The number of pyridine rings is 1. The van der Waals surface area contributed by atoms with E-state index in [4.69, 9.17) is 4.74 Å². The Morgan fingerprint density at radius 2 is 1.93 bits per heavy atom. The van der Waals surface area contributed by atoms with E-state index in [9.17, 15) is 4.79 Å². The van der Waals surface area contributed by atoms with Crippen LogP contribution in [-0.4, -0.2) is 33.8 Å². The molecule has 1 amide bonds. The second kappa shape index (κ2) is 8.69. The predicted octanol–water partition coefficient (Wildman–Crippen LogP) is 4.06. The lowest BCUT2D eigenvalue weighted by Gasteiger charge is -2.15. The third-order valence-corrected chi connectivity index (χ3v) is 5.81. The maximum atomic E-state index is 12.8. The summed E-state index contributed by atoms with van der Waals surface area (Å²) in [5.41, 5.74) is 5.63. The topological polar surface area (TPSA) is 69.0 Å². The summed E-state index contributed by atoms with van der Waals surface area (Å²) in [7, 11) is 3.51. The summed E-state index contributed by atoms with van der Waals surface area (Å²) in [5, 5.41) is 7.57. The third-order valence-electron chi connectivity index (χ3n) is 5.81. The number of amides is 1. The summed E-state index contributed by atoms with van der Waals surface area (Å²) in [5.74, 6) is 0.390. The van der Waals surface area contributed by atoms with Crippen molar-refractivity contribution in [2.75, 3.05) is 7.11 Å². The highest BCUT2D eigenvalue weighted by atomic mass is 16.5. The lowest BCUT2D eigenvalue weighted by molar-refractivity contribution is 0.0931. The van der Waals surface area contributed by atoms with Crippen LogP contribution in [-0.2, 0) is 13.5 Å². The summed E-state index contributed by atoms with van der Waals surface area (Å²) in [6, 6.07) is 12.5. The van der Waals surface area contributed by atoms with Gasteiger partial charge in [-0.2, -0.15) is 5.10 Å². The Morgan fingerprint density at radius 3 is 2.57 bits per heavy atom. The number of aryl methyl sites for hydroxylation is 1. The quantitative estimate of drug-likeness (QED) is 0.673. The number of hydrogen-bond acceptors (Lipinski definition) is 4. The van der Waals surface area contributed by atoms with E-state index in [0.717, 1.165) is 40.8 Å². The first-order valence-corrected chi connectivity index (χ1v) is 10.5. The number of carbonyl (C=O) groups is 1. The zero-order chi connectivity index (χ0) is 21.1. The molecule has 0 radical (unpaired) electrons. The van der Waals surface area contributed by atoms with Gasteiger partial charge in [-0.15, -0.1) is 0 Å². The van der Waals surface area contributed by atoms with E-state index in [2.05, 4.69) is 39.7 Å². The van der Waals surface area contributed by atoms with Gasteiger partial charge in [-0.05, 0) is 49.4 Å². The molecule has 1 aliphatic carbocycles. The van der Waals surface area contributed by atoms with Gasteiger partial charge >= 0.3 is 0 Å². The molecule has 2 heterocycles. The van der Waals surface area contributed by atoms with Crippen LogP contribution in [0.1, 0.15) is 52.9 Å². The Morgan fingerprint density at radius 1 is 1.20 bits per heavy atom. The first-order valence-electron chi connectivity index (χ1n) is 10.5. The minimum atomic E-state index is -0.119. The number of nitrogens with zero attached hydrogens (tertiary/aromatic N) is 3. The first kappa shape index (κ1) is 20.1. The molecule has 2 aromatic heterocycles. The average Bonchev–Trinajstić information content (AvgIpc) is 3.42. The lowest BCUT2D eigenvalue weighted by atomic mass is 9.99. The van der Waals surface area contributed by atoms with Gasteiger partial charge < -0.3 is 10.1 Å². The number of benzene rings is 1. The van der Waals surface area contributed by atoms with Crippen molar-refractivity contribution in [1.29, 1.82) is 0 Å². The molecule has 0 bridgehead atoms. The van der Waals surface area contributed by atoms with Gasteiger partial charge in [-0.1, -0.05) is 37.1 Å². The molecule has 1 fully saturated rings. The number of methoxy groups -OCH3 is 1. The highest BCUT2D eigenvalue weighted by Gasteiger charge is 2.20. The molecular weight excluding hydrogens is 376 g/mol. The van der Waals surface area contributed by atoms with E-state index in [1.807, 2.05) is 32.3 Å². The zero-order valence-corrected chi connectivity index (χ0v) is 17.8. The van der Waals surface area contributed by atoms with Crippen LogP contribution in [0.5, 0.6) is 5.88 Å². The van der Waals surface area contributed by atoms with Crippen molar-refractivity contribution in [2.24, 2.45) is 7.05 Å². The van der Waals surface area contributed by atoms with Gasteiger partial charge in [0.1, 0.15) is 5.69 Å². The molecule has 1 N–H and O–H groups in total. The van der Waals surface area contributed by atoms with Gasteiger partial charge in [0.25, 0.3) is 5.91 Å². The first-order chi connectivity index (χ1) is 14.5. The highest BCUT2D eigenvalue weighted by Crippen LogP contribution is 2.25. The molecule has 1 aliphatic rings. The number of nitrogens with one attached hydrogen (secondary N) is 1. The van der Waals surface area contributed by atoms with E-state index in [1.54, 1.807) is 11.8 Å². The Labute approximate surface area is 177 Å². The van der Waals surface area contributed by atoms with Crippen molar-refractivity contribution in [3.63, 3.8) is 0 Å². The van der Waals surface area contributed by atoms with Crippen LogP contribution in [0.3, 0.4) is 0 Å². The second-order valence-corrected chi connectivity index (χ2v) is 8.00. The van der Waals surface area contributed by atoms with Crippen LogP contribution in [0.2, 0.25) is 0 Å². The van der Waals surface area contributed by atoms with Crippen LogP contribution in [0.25, 0.3) is 11.3 Å². The van der Waals surface area contributed by atoms with Crippen LogP contribution in [0.15, 0.2) is 42.6 Å². The Bertz CT molecular complexity index is 1030. The largest absolute Gasteiger partial charge is 0.481 e. The number of hydrogen-bond donors (Lipinski definition) is 1. The summed E-state index contributed by atoms with van der Waals surface area (Å²) in [6.45, 7) is 1.99. The fourth-order valence-corrected chi connectivity index (χ4v) is 4.05. The number of rotatable bonds is 6. The van der Waals surface area contributed by atoms with Crippen molar-refractivity contribution in [3.05, 3.63) is 65.0 Å². The maximum absolute atomic E-state index is 12.8. The van der Waals surface area contributed by atoms with Gasteiger partial charge in [0, 0.05) is 30.4 Å². The molecular formula is C24H28N4O2. The fraction of sp³-hybridized carbons (Fsp3) is 0.375. The van der Waals surface area contributed by atoms with E-state index >= 15 is 0 Å². The maximum Gasteiger partial charge on any atom is 0.270 e. The van der Waals surface area contributed by atoms with Gasteiger partial charge in [-0.25, -0.2) is 4.98 Å². The summed E-state index contributed by atoms with van der Waals surface area (Å²) in [4.78, 5) is 17.2. The van der Waals surface area contributed by atoms with Gasteiger partial charge in [0.05, 0.1) is 12.8 Å². The number of ether oxygens (including phenoxy) is 1. The molecule has 156 valence electrons. The standard InChI is InChI=1S/C24H28N4O2/c1-16-19(14-17-8-10-18(11-9-17)21-12-13-28(2)27-21)15-22(26-24(16)30-3)23(29)25-20-6-4-5-7-20/h8-13,15,20H,4-7,14H2,1-3H3,(H,25,29). The second-order valence-electron chi connectivity index (χ2n) is 8.00. The molecule has 6 heteroatoms. The Hall–Kier alpha value is -3.15. The van der Waals surface area contributed by atoms with Crippen molar-refractivity contribution >= 4 is 5.91 Å². The molecule has 0 atom stereocenters. The van der Waals surface area contributed by atoms with E-state index in [0.29, 0.717) is 18.0 Å². The highest BCUT2D eigenvalue weighted by molar-refractivity contribution is 5.93. The van der Waals surface area contributed by atoms with E-state index in [1.165, 1.54) is 12.8 Å². The Balaban J connectivity index is 1.56. The fourth-order valence-electron chi connectivity index (χ4n) is 4.05. The number of carbonyl (C=O) groups excluding carboxylic acids is 1. The summed E-state index contributed by atoms with van der Waals surface area (Å²) < 4.78 is 7.26. The van der Waals surface area contributed by atoms with Crippen molar-refractivity contribution in [2.45, 2.75) is 45.1 Å². The summed E-state index contributed by atoms with van der Waals surface area (Å²) >= 11 is 0. The molecule has 0 aliphatic heterocycles. The van der Waals surface area contributed by atoms with Gasteiger partial charge in [0.2, 0.25) is 5.88 Å². The van der Waals surface area contributed by atoms with E-state index in [-0.39, 0.29) is 11.9 Å². The molecule has 6 nitrogen and oxygen atoms in total. The van der Waals surface area contributed by atoms with Crippen LogP contribution >= 0.6 is 0 Å². The lowest BCUT2D eigenvalue weighted by Crippen LogP contribution is -2.33. The normalized spacial score (nSPS) is 14.1. The summed E-state index contributed by atoms with van der Waals surface area (Å²) in [6.07, 6.45) is 7.09. The average molecular weight is 405 g/mol. The molecule has 0 saturated heterocycles. The molecule has 3 aromatic rings. The third kappa shape index (κ3) is 4.37. The van der Waals surface area contributed by atoms with Gasteiger partial charge in [-0.3, -0.25) is 9.48 Å². The molecule has 0 spiro atoms. The monoisotopic (exact) mass is 404 g/mol. The minimum Gasteiger partial charge on any atom is -0.481 e. The Kier molecular flexibility index (Phi) is 5.84. The molecule has 0 unspecified atom stereocenters. The van der Waals surface area contributed by atoms with Crippen molar-refractivity contribution < 1.29 is 9.53 Å². The molecule has 30 heavy (non-hydrogen) atoms.